The Kier molecular flexibility index (Phi) is 4.61. The molecule has 7 heteroatoms. The van der Waals surface area contributed by atoms with Crippen LogP contribution in [0.4, 0.5) is 4.39 Å². The van der Waals surface area contributed by atoms with E-state index in [1.165, 1.54) is 18.2 Å². The summed E-state index contributed by atoms with van der Waals surface area (Å²) in [6.45, 7) is 0. The molecular weight excluding hydrogens is 395 g/mol. The number of benzene rings is 2. The van der Waals surface area contributed by atoms with Crippen LogP contribution in [0.15, 0.2) is 50.5 Å². The molecule has 3 N–H and O–H groups in total. The number of ether oxygens (including phenoxy) is 1. The highest BCUT2D eigenvalue weighted by atomic mass is 79.9. The highest BCUT2D eigenvalue weighted by molar-refractivity contribution is 9.10. The van der Waals surface area contributed by atoms with Gasteiger partial charge < -0.3 is 15.7 Å². The van der Waals surface area contributed by atoms with Crippen LogP contribution in [0.25, 0.3) is 0 Å². The van der Waals surface area contributed by atoms with Crippen molar-refractivity contribution in [2.45, 2.75) is 0 Å². The number of rotatable bonds is 3. The van der Waals surface area contributed by atoms with E-state index in [0.717, 1.165) is 0 Å². The molecule has 0 saturated heterocycles. The normalized spacial score (nSPS) is 11.4. The van der Waals surface area contributed by atoms with Crippen molar-refractivity contribution in [3.63, 3.8) is 0 Å². The van der Waals surface area contributed by atoms with Gasteiger partial charge in [0.25, 0.3) is 0 Å². The summed E-state index contributed by atoms with van der Waals surface area (Å²) in [4.78, 5) is 0. The SMILES string of the molecule is N/C(=N/O)c1c(Br)cccc1Oc1ccc(F)cc1Br. The van der Waals surface area contributed by atoms with Crippen LogP contribution < -0.4 is 10.5 Å². The summed E-state index contributed by atoms with van der Waals surface area (Å²) in [5, 5.41) is 11.8. The van der Waals surface area contributed by atoms with E-state index in [2.05, 4.69) is 37.0 Å². The molecule has 0 bridgehead atoms. The van der Waals surface area contributed by atoms with Crippen LogP contribution >= 0.6 is 31.9 Å². The number of nitrogens with zero attached hydrogens (tertiary/aromatic N) is 1. The Bertz CT molecular complexity index is 677. The van der Waals surface area contributed by atoms with E-state index in [9.17, 15) is 4.39 Å². The molecule has 0 atom stereocenters. The third-order valence-electron chi connectivity index (χ3n) is 2.45. The molecular formula is C13H9Br2FN2O2. The van der Waals surface area contributed by atoms with Gasteiger partial charge in [0.15, 0.2) is 5.84 Å². The van der Waals surface area contributed by atoms with Gasteiger partial charge in [-0.25, -0.2) is 4.39 Å². The molecule has 4 nitrogen and oxygen atoms in total. The number of amidine groups is 1. The lowest BCUT2D eigenvalue weighted by molar-refractivity contribution is 0.318. The second kappa shape index (κ2) is 6.23. The molecule has 20 heavy (non-hydrogen) atoms. The monoisotopic (exact) mass is 402 g/mol. The molecule has 0 aliphatic heterocycles. The maximum atomic E-state index is 13.0. The molecule has 0 heterocycles. The molecule has 0 aliphatic rings. The minimum absolute atomic E-state index is 0.0919. The van der Waals surface area contributed by atoms with Gasteiger partial charge in [-0.15, -0.1) is 0 Å². The third kappa shape index (κ3) is 3.10. The summed E-state index contributed by atoms with van der Waals surface area (Å²) in [5.41, 5.74) is 6.04. The van der Waals surface area contributed by atoms with Crippen molar-refractivity contribution in [1.82, 2.24) is 0 Å². The van der Waals surface area contributed by atoms with Crippen LogP contribution in [0.5, 0.6) is 11.5 Å². The molecule has 0 spiro atoms. The molecule has 0 aliphatic carbocycles. The second-order valence-electron chi connectivity index (χ2n) is 3.78. The van der Waals surface area contributed by atoms with E-state index in [1.807, 2.05) is 0 Å². The molecule has 2 rings (SSSR count). The fourth-order valence-corrected chi connectivity index (χ4v) is 2.55. The van der Waals surface area contributed by atoms with Gasteiger partial charge in [-0.3, -0.25) is 0 Å². The lowest BCUT2D eigenvalue weighted by atomic mass is 10.2. The summed E-state index contributed by atoms with van der Waals surface area (Å²) in [6.07, 6.45) is 0. The molecule has 2 aromatic carbocycles. The van der Waals surface area contributed by atoms with E-state index in [0.29, 0.717) is 26.0 Å². The summed E-state index contributed by atoms with van der Waals surface area (Å²) in [6, 6.07) is 9.19. The lowest BCUT2D eigenvalue weighted by Gasteiger charge is -2.12. The molecule has 0 aromatic heterocycles. The quantitative estimate of drug-likeness (QED) is 0.348. The molecule has 0 radical (unpaired) electrons. The fourth-order valence-electron chi connectivity index (χ4n) is 1.56. The Morgan fingerprint density at radius 2 is 1.90 bits per heavy atom. The van der Waals surface area contributed by atoms with Crippen molar-refractivity contribution in [1.29, 1.82) is 0 Å². The standard InChI is InChI=1S/C13H9Br2FN2O2/c14-8-2-1-3-11(12(8)13(17)18-19)20-10-5-4-7(16)6-9(10)15/h1-6,19H,(H2,17,18). The highest BCUT2D eigenvalue weighted by Gasteiger charge is 2.14. The molecule has 0 saturated carbocycles. The van der Waals surface area contributed by atoms with Crippen molar-refractivity contribution in [3.8, 4) is 11.5 Å². The smallest absolute Gasteiger partial charge is 0.175 e. The number of halogens is 3. The first-order valence-corrected chi connectivity index (χ1v) is 7.01. The Morgan fingerprint density at radius 1 is 1.15 bits per heavy atom. The molecule has 2 aromatic rings. The topological polar surface area (TPSA) is 67.8 Å². The Balaban J connectivity index is 2.46. The zero-order valence-corrected chi connectivity index (χ0v) is 13.2. The average molecular weight is 404 g/mol. The first kappa shape index (κ1) is 14.8. The number of nitrogens with two attached hydrogens (primary N) is 1. The number of oxime groups is 1. The summed E-state index contributed by atoms with van der Waals surface area (Å²) in [5.74, 6) is 0.319. The van der Waals surface area contributed by atoms with Crippen LogP contribution in [0.1, 0.15) is 5.56 Å². The van der Waals surface area contributed by atoms with E-state index in [1.54, 1.807) is 18.2 Å². The summed E-state index contributed by atoms with van der Waals surface area (Å²) in [7, 11) is 0. The average Bonchev–Trinajstić information content (AvgIpc) is 2.41. The summed E-state index contributed by atoms with van der Waals surface area (Å²) >= 11 is 6.52. The zero-order valence-electron chi connectivity index (χ0n) is 9.98. The fraction of sp³-hybridized carbons (Fsp3) is 0. The molecule has 0 fully saturated rings. The van der Waals surface area contributed by atoms with Crippen LogP contribution in [0.3, 0.4) is 0 Å². The Labute approximate surface area is 131 Å². The van der Waals surface area contributed by atoms with Crippen molar-refractivity contribution < 1.29 is 14.3 Å². The van der Waals surface area contributed by atoms with Gasteiger partial charge >= 0.3 is 0 Å². The Hall–Kier alpha value is -1.60. The minimum Gasteiger partial charge on any atom is -0.455 e. The second-order valence-corrected chi connectivity index (χ2v) is 5.48. The van der Waals surface area contributed by atoms with Crippen LogP contribution in [-0.4, -0.2) is 11.0 Å². The van der Waals surface area contributed by atoms with Gasteiger partial charge in [0.05, 0.1) is 10.0 Å². The third-order valence-corrected chi connectivity index (χ3v) is 3.73. The van der Waals surface area contributed by atoms with Gasteiger partial charge in [-0.05, 0) is 62.2 Å². The predicted octanol–water partition coefficient (Wildman–Crippen LogP) is 4.24. The van der Waals surface area contributed by atoms with Crippen LogP contribution in [-0.2, 0) is 0 Å². The number of hydrogen-bond acceptors (Lipinski definition) is 3. The maximum absolute atomic E-state index is 13.0. The lowest BCUT2D eigenvalue weighted by Crippen LogP contribution is -2.15. The molecule has 0 unspecified atom stereocenters. The van der Waals surface area contributed by atoms with E-state index >= 15 is 0 Å². The van der Waals surface area contributed by atoms with Gasteiger partial charge in [0.1, 0.15) is 17.3 Å². The zero-order chi connectivity index (χ0) is 14.7. The van der Waals surface area contributed by atoms with Crippen molar-refractivity contribution in [2.24, 2.45) is 10.9 Å². The highest BCUT2D eigenvalue weighted by Crippen LogP contribution is 2.34. The van der Waals surface area contributed by atoms with E-state index < -0.39 is 0 Å². The van der Waals surface area contributed by atoms with Crippen molar-refractivity contribution >= 4 is 37.7 Å². The minimum atomic E-state index is -0.380. The largest absolute Gasteiger partial charge is 0.455 e. The van der Waals surface area contributed by atoms with Gasteiger partial charge in [0.2, 0.25) is 0 Å². The first-order valence-electron chi connectivity index (χ1n) is 5.42. The Morgan fingerprint density at radius 3 is 2.55 bits per heavy atom. The molecule has 0 amide bonds. The van der Waals surface area contributed by atoms with Crippen LogP contribution in [0.2, 0.25) is 0 Å². The van der Waals surface area contributed by atoms with Crippen molar-refractivity contribution in [2.75, 3.05) is 0 Å². The maximum Gasteiger partial charge on any atom is 0.175 e. The number of hydrogen-bond donors (Lipinski definition) is 2. The van der Waals surface area contributed by atoms with Crippen LogP contribution in [0, 0.1) is 5.82 Å². The summed E-state index contributed by atoms with van der Waals surface area (Å²) < 4.78 is 19.8. The van der Waals surface area contributed by atoms with E-state index in [4.69, 9.17) is 15.7 Å². The van der Waals surface area contributed by atoms with Gasteiger partial charge in [0, 0.05) is 4.47 Å². The van der Waals surface area contributed by atoms with Gasteiger partial charge in [-0.1, -0.05) is 11.2 Å². The molecule has 104 valence electrons. The van der Waals surface area contributed by atoms with Gasteiger partial charge in [-0.2, -0.15) is 0 Å². The predicted molar refractivity (Wildman–Crippen MR) is 80.8 cm³/mol. The first-order chi connectivity index (χ1) is 9.52. The van der Waals surface area contributed by atoms with Crippen molar-refractivity contribution in [3.05, 3.63) is 56.7 Å². The van der Waals surface area contributed by atoms with E-state index in [-0.39, 0.29) is 11.7 Å².